The summed E-state index contributed by atoms with van der Waals surface area (Å²) in [6.45, 7) is 5.04. The van der Waals surface area contributed by atoms with Gasteiger partial charge in [-0.3, -0.25) is 4.79 Å². The lowest BCUT2D eigenvalue weighted by Crippen LogP contribution is -2.39. The third-order valence-electron chi connectivity index (χ3n) is 3.66. The zero-order chi connectivity index (χ0) is 14.3. The lowest BCUT2D eigenvalue weighted by atomic mass is 10.0. The maximum atomic E-state index is 12.1. The molecular formula is C15H22ClNOS. The summed E-state index contributed by atoms with van der Waals surface area (Å²) >= 11 is 7.56. The minimum absolute atomic E-state index is 0.0125. The summed E-state index contributed by atoms with van der Waals surface area (Å²) < 4.78 is 0.145. The normalized spacial score (nSPS) is 11.4. The zero-order valence-corrected chi connectivity index (χ0v) is 13.4. The van der Waals surface area contributed by atoms with Crippen LogP contribution in [0.3, 0.4) is 0 Å². The summed E-state index contributed by atoms with van der Waals surface area (Å²) in [4.78, 5) is 12.1. The Bertz CT molecular complexity index is 393. The van der Waals surface area contributed by atoms with Crippen LogP contribution in [0.1, 0.15) is 42.6 Å². The minimum Gasteiger partial charge on any atom is -0.351 e. The molecule has 0 radical (unpaired) electrons. The fraction of sp³-hybridized carbons (Fsp3) is 0.533. The van der Waals surface area contributed by atoms with Gasteiger partial charge >= 0.3 is 0 Å². The van der Waals surface area contributed by atoms with Gasteiger partial charge in [0.2, 0.25) is 0 Å². The first-order valence-corrected chi connectivity index (χ1v) is 8.35. The van der Waals surface area contributed by atoms with Crippen molar-refractivity contribution < 1.29 is 4.79 Å². The summed E-state index contributed by atoms with van der Waals surface area (Å²) in [6.07, 6.45) is 4.21. The van der Waals surface area contributed by atoms with E-state index in [1.807, 2.05) is 36.0 Å². The highest BCUT2D eigenvalue weighted by Crippen LogP contribution is 2.29. The van der Waals surface area contributed by atoms with Gasteiger partial charge in [-0.2, -0.15) is 11.8 Å². The smallest absolute Gasteiger partial charge is 0.251 e. The Labute approximate surface area is 125 Å². The second-order valence-corrected chi connectivity index (χ2v) is 6.15. The minimum atomic E-state index is -0.0125. The van der Waals surface area contributed by atoms with Gasteiger partial charge in [-0.1, -0.05) is 26.0 Å². The van der Waals surface area contributed by atoms with Gasteiger partial charge in [0.25, 0.3) is 5.91 Å². The maximum Gasteiger partial charge on any atom is 0.251 e. The van der Waals surface area contributed by atoms with Crippen LogP contribution in [0.2, 0.25) is 0 Å². The van der Waals surface area contributed by atoms with E-state index >= 15 is 0 Å². The molecule has 106 valence electrons. The van der Waals surface area contributed by atoms with Gasteiger partial charge in [-0.25, -0.2) is 0 Å². The number of amides is 1. The molecule has 0 aliphatic heterocycles. The molecule has 0 atom stereocenters. The molecule has 0 bridgehead atoms. The Kier molecular flexibility index (Phi) is 6.73. The number of halogens is 1. The van der Waals surface area contributed by atoms with Crippen LogP contribution in [0.25, 0.3) is 0 Å². The number of hydrogen-bond donors (Lipinski definition) is 1. The van der Waals surface area contributed by atoms with Gasteiger partial charge in [0.1, 0.15) is 0 Å². The van der Waals surface area contributed by atoms with E-state index in [1.54, 1.807) is 0 Å². The Morgan fingerprint density at radius 2 is 1.84 bits per heavy atom. The predicted molar refractivity (Wildman–Crippen MR) is 85.2 cm³/mol. The Hall–Kier alpha value is -0.670. The molecule has 2 nitrogen and oxygen atoms in total. The predicted octanol–water partition coefficient (Wildman–Crippen LogP) is 4.08. The highest BCUT2D eigenvalue weighted by Gasteiger charge is 2.25. The Balaban J connectivity index is 2.63. The molecule has 1 N–H and O–H groups in total. The van der Waals surface area contributed by atoms with Crippen LogP contribution in [0.4, 0.5) is 0 Å². The van der Waals surface area contributed by atoms with Crippen LogP contribution in [-0.4, -0.2) is 23.5 Å². The van der Waals surface area contributed by atoms with Gasteiger partial charge in [0.15, 0.2) is 0 Å². The zero-order valence-electron chi connectivity index (χ0n) is 11.8. The first kappa shape index (κ1) is 16.4. The van der Waals surface area contributed by atoms with Crippen molar-refractivity contribution in [3.63, 3.8) is 0 Å². The van der Waals surface area contributed by atoms with Crippen LogP contribution in [0.15, 0.2) is 24.3 Å². The summed E-state index contributed by atoms with van der Waals surface area (Å²) in [5.74, 6) is 0.463. The molecule has 0 aliphatic carbocycles. The van der Waals surface area contributed by atoms with Crippen LogP contribution < -0.4 is 5.32 Å². The number of thioether (sulfide) groups is 1. The average molecular weight is 300 g/mol. The largest absolute Gasteiger partial charge is 0.351 e. The van der Waals surface area contributed by atoms with E-state index < -0.39 is 0 Å². The third kappa shape index (κ3) is 4.43. The highest BCUT2D eigenvalue weighted by molar-refractivity contribution is 8.00. The van der Waals surface area contributed by atoms with Gasteiger partial charge in [-0.05, 0) is 36.8 Å². The van der Waals surface area contributed by atoms with Crippen molar-refractivity contribution >= 4 is 29.3 Å². The van der Waals surface area contributed by atoms with Crippen LogP contribution in [-0.2, 0) is 5.88 Å². The van der Waals surface area contributed by atoms with Crippen molar-refractivity contribution in [2.24, 2.45) is 0 Å². The van der Waals surface area contributed by atoms with Crippen molar-refractivity contribution in [2.45, 2.75) is 37.3 Å². The molecule has 0 aliphatic rings. The molecule has 1 amide bonds. The van der Waals surface area contributed by atoms with Crippen LogP contribution in [0, 0.1) is 0 Å². The maximum absolute atomic E-state index is 12.1. The molecule has 1 rings (SSSR count). The molecule has 0 fully saturated rings. The van der Waals surface area contributed by atoms with E-state index in [-0.39, 0.29) is 10.7 Å². The van der Waals surface area contributed by atoms with E-state index in [9.17, 15) is 4.79 Å². The first-order valence-electron chi connectivity index (χ1n) is 6.59. The number of alkyl halides is 1. The molecule has 1 aromatic rings. The molecule has 0 unspecified atom stereocenters. The van der Waals surface area contributed by atoms with Crippen LogP contribution >= 0.6 is 23.4 Å². The van der Waals surface area contributed by atoms with E-state index in [1.165, 1.54) is 0 Å². The summed E-state index contributed by atoms with van der Waals surface area (Å²) in [5.41, 5.74) is 1.72. The number of rotatable bonds is 7. The molecule has 0 saturated carbocycles. The van der Waals surface area contributed by atoms with Crippen molar-refractivity contribution in [2.75, 3.05) is 12.8 Å². The molecule has 19 heavy (non-hydrogen) atoms. The van der Waals surface area contributed by atoms with Crippen molar-refractivity contribution in [1.29, 1.82) is 0 Å². The standard InChI is InChI=1S/C15H22ClNOS/c1-4-15(5-2,19-3)11-17-14(18)13-8-6-12(10-16)7-9-13/h6-9H,4-5,10-11H2,1-3H3,(H,17,18). The number of carbonyl (C=O) groups is 1. The molecule has 4 heteroatoms. The Morgan fingerprint density at radius 3 is 2.26 bits per heavy atom. The summed E-state index contributed by atoms with van der Waals surface area (Å²) in [6, 6.07) is 7.43. The number of hydrogen-bond acceptors (Lipinski definition) is 2. The molecule has 0 saturated heterocycles. The SMILES string of the molecule is CCC(CC)(CNC(=O)c1ccc(CCl)cc1)SC. The number of carbonyl (C=O) groups excluding carboxylic acids is 1. The molecule has 0 spiro atoms. The van der Waals surface area contributed by atoms with Gasteiger partial charge in [-0.15, -0.1) is 11.6 Å². The first-order chi connectivity index (χ1) is 9.10. The fourth-order valence-corrected chi connectivity index (χ4v) is 2.92. The average Bonchev–Trinajstić information content (AvgIpc) is 2.49. The molecular weight excluding hydrogens is 278 g/mol. The molecule has 1 aromatic carbocycles. The second-order valence-electron chi connectivity index (χ2n) is 4.61. The van der Waals surface area contributed by atoms with Gasteiger partial charge in [0.05, 0.1) is 0 Å². The van der Waals surface area contributed by atoms with Crippen molar-refractivity contribution in [1.82, 2.24) is 5.32 Å². The van der Waals surface area contributed by atoms with E-state index in [0.29, 0.717) is 18.0 Å². The summed E-state index contributed by atoms with van der Waals surface area (Å²) in [5, 5.41) is 3.04. The number of nitrogens with one attached hydrogen (secondary N) is 1. The topological polar surface area (TPSA) is 29.1 Å². The monoisotopic (exact) mass is 299 g/mol. The van der Waals surface area contributed by atoms with Gasteiger partial charge < -0.3 is 5.32 Å². The molecule has 0 aromatic heterocycles. The van der Waals surface area contributed by atoms with E-state index in [4.69, 9.17) is 11.6 Å². The van der Waals surface area contributed by atoms with Crippen molar-refractivity contribution in [3.05, 3.63) is 35.4 Å². The van der Waals surface area contributed by atoms with Crippen molar-refractivity contribution in [3.8, 4) is 0 Å². The Morgan fingerprint density at radius 1 is 1.26 bits per heavy atom. The van der Waals surface area contributed by atoms with E-state index in [0.717, 1.165) is 18.4 Å². The number of benzene rings is 1. The fourth-order valence-electron chi connectivity index (χ4n) is 1.95. The lowest BCUT2D eigenvalue weighted by molar-refractivity contribution is 0.0949. The second kappa shape index (κ2) is 7.81. The lowest BCUT2D eigenvalue weighted by Gasteiger charge is -2.29. The quantitative estimate of drug-likeness (QED) is 0.769. The highest BCUT2D eigenvalue weighted by atomic mass is 35.5. The summed E-state index contributed by atoms with van der Waals surface area (Å²) in [7, 11) is 0. The van der Waals surface area contributed by atoms with Crippen LogP contribution in [0.5, 0.6) is 0 Å². The van der Waals surface area contributed by atoms with E-state index in [2.05, 4.69) is 25.4 Å². The molecule has 0 heterocycles. The van der Waals surface area contributed by atoms with Gasteiger partial charge in [0, 0.05) is 22.7 Å². The third-order valence-corrected chi connectivity index (χ3v) is 5.56.